The van der Waals surface area contributed by atoms with Crippen molar-refractivity contribution in [2.45, 2.75) is 32.7 Å². The first kappa shape index (κ1) is 23.6. The number of methoxy groups -OCH3 is 1. The zero-order valence-corrected chi connectivity index (χ0v) is 19.3. The molecule has 1 atom stereocenters. The Morgan fingerprint density at radius 3 is 2.25 bits per heavy atom. The van der Waals surface area contributed by atoms with Gasteiger partial charge in [0.1, 0.15) is 5.75 Å². The molecule has 1 aliphatic heterocycles. The molecule has 2 N–H and O–H groups in total. The highest BCUT2D eigenvalue weighted by atomic mass is 16.5. The summed E-state index contributed by atoms with van der Waals surface area (Å²) in [7, 11) is 1.68. The van der Waals surface area contributed by atoms with E-state index in [1.54, 1.807) is 7.11 Å². The molecule has 0 saturated carbocycles. The number of rotatable bonds is 8. The summed E-state index contributed by atoms with van der Waals surface area (Å²) in [5, 5.41) is 5.93. The second-order valence-corrected chi connectivity index (χ2v) is 8.12. The Kier molecular flexibility index (Phi) is 8.50. The van der Waals surface area contributed by atoms with Gasteiger partial charge in [0.2, 0.25) is 5.91 Å². The SMILES string of the molecule is CCC(=O)Nc1ccc(C(C)NC(=O)N2CCN(CCc3ccc(OC)cc3)CC2)cc1. The number of ether oxygens (including phenoxy) is 1. The van der Waals surface area contributed by atoms with Crippen molar-refractivity contribution in [2.24, 2.45) is 0 Å². The van der Waals surface area contributed by atoms with Crippen molar-refractivity contribution in [3.8, 4) is 5.75 Å². The standard InChI is InChI=1S/C25H34N4O3/c1-4-24(30)27-22-9-7-21(8-10-22)19(2)26-25(31)29-17-15-28(16-18-29)14-13-20-5-11-23(32-3)12-6-20/h5-12,19H,4,13-18H2,1-3H3,(H,26,31)(H,27,30). The number of hydrogen-bond acceptors (Lipinski definition) is 4. The molecule has 1 unspecified atom stereocenters. The molecule has 0 spiro atoms. The maximum absolute atomic E-state index is 12.7. The first-order valence-electron chi connectivity index (χ1n) is 11.3. The van der Waals surface area contributed by atoms with Crippen molar-refractivity contribution in [1.29, 1.82) is 0 Å². The molecule has 32 heavy (non-hydrogen) atoms. The summed E-state index contributed by atoms with van der Waals surface area (Å²) < 4.78 is 5.21. The lowest BCUT2D eigenvalue weighted by atomic mass is 10.1. The fraction of sp³-hybridized carbons (Fsp3) is 0.440. The van der Waals surface area contributed by atoms with Crippen LogP contribution in [0.15, 0.2) is 48.5 Å². The second kappa shape index (κ2) is 11.5. The predicted molar refractivity (Wildman–Crippen MR) is 127 cm³/mol. The van der Waals surface area contributed by atoms with Gasteiger partial charge in [0, 0.05) is 44.8 Å². The average molecular weight is 439 g/mol. The number of hydrogen-bond donors (Lipinski definition) is 2. The molecule has 1 heterocycles. The van der Waals surface area contributed by atoms with Crippen LogP contribution in [0.1, 0.15) is 37.4 Å². The van der Waals surface area contributed by atoms with E-state index >= 15 is 0 Å². The Morgan fingerprint density at radius 1 is 1.00 bits per heavy atom. The van der Waals surface area contributed by atoms with Crippen molar-refractivity contribution in [3.05, 3.63) is 59.7 Å². The van der Waals surface area contributed by atoms with Gasteiger partial charge in [0.15, 0.2) is 0 Å². The number of anilines is 1. The zero-order valence-electron chi connectivity index (χ0n) is 19.3. The van der Waals surface area contributed by atoms with Crippen LogP contribution < -0.4 is 15.4 Å². The lowest BCUT2D eigenvalue weighted by molar-refractivity contribution is -0.115. The van der Waals surface area contributed by atoms with Crippen molar-refractivity contribution >= 4 is 17.6 Å². The van der Waals surface area contributed by atoms with Crippen molar-refractivity contribution < 1.29 is 14.3 Å². The Balaban J connectivity index is 1.41. The number of nitrogens with one attached hydrogen (secondary N) is 2. The van der Waals surface area contributed by atoms with E-state index in [1.165, 1.54) is 5.56 Å². The van der Waals surface area contributed by atoms with Crippen molar-refractivity contribution in [3.63, 3.8) is 0 Å². The number of piperazine rings is 1. The number of nitrogens with zero attached hydrogens (tertiary/aromatic N) is 2. The van der Waals surface area contributed by atoms with Crippen LogP contribution in [0.4, 0.5) is 10.5 Å². The molecular formula is C25H34N4O3. The van der Waals surface area contributed by atoms with Gasteiger partial charge < -0.3 is 20.3 Å². The van der Waals surface area contributed by atoms with Crippen LogP contribution in [0, 0.1) is 0 Å². The second-order valence-electron chi connectivity index (χ2n) is 8.12. The van der Waals surface area contributed by atoms with Gasteiger partial charge in [0.05, 0.1) is 13.2 Å². The van der Waals surface area contributed by atoms with E-state index in [-0.39, 0.29) is 18.0 Å². The summed E-state index contributed by atoms with van der Waals surface area (Å²) >= 11 is 0. The normalized spacial score (nSPS) is 15.2. The van der Waals surface area contributed by atoms with Crippen LogP contribution in [0.2, 0.25) is 0 Å². The minimum Gasteiger partial charge on any atom is -0.497 e. The Morgan fingerprint density at radius 2 is 1.66 bits per heavy atom. The lowest BCUT2D eigenvalue weighted by Gasteiger charge is -2.35. The van der Waals surface area contributed by atoms with Gasteiger partial charge >= 0.3 is 6.03 Å². The largest absolute Gasteiger partial charge is 0.497 e. The van der Waals surface area contributed by atoms with Gasteiger partial charge in [-0.1, -0.05) is 31.2 Å². The highest BCUT2D eigenvalue weighted by Crippen LogP contribution is 2.17. The first-order valence-corrected chi connectivity index (χ1v) is 11.3. The third kappa shape index (κ3) is 6.72. The number of urea groups is 1. The summed E-state index contributed by atoms with van der Waals surface area (Å²) in [5.74, 6) is 0.865. The maximum atomic E-state index is 12.7. The van der Waals surface area contributed by atoms with Gasteiger partial charge in [-0.2, -0.15) is 0 Å². The molecule has 3 rings (SSSR count). The molecule has 0 radical (unpaired) electrons. The minimum atomic E-state index is -0.105. The van der Waals surface area contributed by atoms with E-state index in [4.69, 9.17) is 4.74 Å². The Labute approximate surface area is 190 Å². The highest BCUT2D eigenvalue weighted by Gasteiger charge is 2.22. The molecule has 0 aliphatic carbocycles. The molecule has 2 aromatic rings. The van der Waals surface area contributed by atoms with Gasteiger partial charge in [-0.3, -0.25) is 9.69 Å². The summed E-state index contributed by atoms with van der Waals surface area (Å²) in [6.45, 7) is 7.99. The monoisotopic (exact) mass is 438 g/mol. The third-order valence-corrected chi connectivity index (χ3v) is 5.89. The summed E-state index contributed by atoms with van der Waals surface area (Å²) in [6, 6.07) is 15.7. The molecule has 3 amide bonds. The number of benzene rings is 2. The van der Waals surface area contributed by atoms with Crippen LogP contribution in [-0.4, -0.2) is 61.6 Å². The topological polar surface area (TPSA) is 73.9 Å². The molecule has 1 aliphatic rings. The van der Waals surface area contributed by atoms with Gasteiger partial charge in [-0.05, 0) is 48.7 Å². The molecule has 7 nitrogen and oxygen atoms in total. The molecule has 7 heteroatoms. The van der Waals surface area contributed by atoms with E-state index in [9.17, 15) is 9.59 Å². The average Bonchev–Trinajstić information content (AvgIpc) is 2.83. The lowest BCUT2D eigenvalue weighted by Crippen LogP contribution is -2.52. The molecule has 0 bridgehead atoms. The van der Waals surface area contributed by atoms with E-state index < -0.39 is 0 Å². The summed E-state index contributed by atoms with van der Waals surface area (Å²) in [6.07, 6.45) is 1.44. The maximum Gasteiger partial charge on any atom is 0.317 e. The van der Waals surface area contributed by atoms with Crippen molar-refractivity contribution in [2.75, 3.05) is 45.2 Å². The predicted octanol–water partition coefficient (Wildman–Crippen LogP) is 3.67. The molecule has 1 saturated heterocycles. The molecule has 0 aromatic heterocycles. The van der Waals surface area contributed by atoms with Crippen LogP contribution in [0.25, 0.3) is 0 Å². The van der Waals surface area contributed by atoms with E-state index in [1.807, 2.05) is 55.1 Å². The van der Waals surface area contributed by atoms with Gasteiger partial charge in [0.25, 0.3) is 0 Å². The Hall–Kier alpha value is -3.06. The van der Waals surface area contributed by atoms with Crippen LogP contribution in [-0.2, 0) is 11.2 Å². The van der Waals surface area contributed by atoms with Crippen LogP contribution >= 0.6 is 0 Å². The van der Waals surface area contributed by atoms with Crippen LogP contribution in [0.3, 0.4) is 0 Å². The molecule has 1 fully saturated rings. The quantitative estimate of drug-likeness (QED) is 0.660. The Bertz CT molecular complexity index is 875. The van der Waals surface area contributed by atoms with Crippen LogP contribution in [0.5, 0.6) is 5.75 Å². The zero-order chi connectivity index (χ0) is 22.9. The highest BCUT2D eigenvalue weighted by molar-refractivity contribution is 5.90. The first-order chi connectivity index (χ1) is 15.5. The van der Waals surface area contributed by atoms with E-state index in [0.717, 1.165) is 56.1 Å². The molecular weight excluding hydrogens is 404 g/mol. The minimum absolute atomic E-state index is 0.0118. The third-order valence-electron chi connectivity index (χ3n) is 5.89. The van der Waals surface area contributed by atoms with E-state index in [0.29, 0.717) is 6.42 Å². The van der Waals surface area contributed by atoms with E-state index in [2.05, 4.69) is 27.7 Å². The number of carbonyl (C=O) groups is 2. The molecule has 172 valence electrons. The van der Waals surface area contributed by atoms with Gasteiger partial charge in [-0.25, -0.2) is 4.79 Å². The summed E-state index contributed by atoms with van der Waals surface area (Å²) in [5.41, 5.74) is 3.07. The number of amides is 3. The van der Waals surface area contributed by atoms with Gasteiger partial charge in [-0.15, -0.1) is 0 Å². The smallest absolute Gasteiger partial charge is 0.317 e. The van der Waals surface area contributed by atoms with Crippen molar-refractivity contribution in [1.82, 2.24) is 15.1 Å². The fourth-order valence-electron chi connectivity index (χ4n) is 3.72. The summed E-state index contributed by atoms with van der Waals surface area (Å²) in [4.78, 5) is 28.5. The molecule has 2 aromatic carbocycles. The number of carbonyl (C=O) groups excluding carboxylic acids is 2. The fourth-order valence-corrected chi connectivity index (χ4v) is 3.72.